The molecule has 14 heteroatoms. The maximum Gasteiger partial charge on any atom is 0.417 e. The van der Waals surface area contributed by atoms with E-state index in [1.807, 2.05) is 0 Å². The van der Waals surface area contributed by atoms with Crippen LogP contribution < -0.4 is 4.90 Å². The fourth-order valence-electron chi connectivity index (χ4n) is 6.32. The Morgan fingerprint density at radius 1 is 1.11 bits per heavy atom. The molecule has 1 unspecified atom stereocenters. The fourth-order valence-corrected chi connectivity index (χ4v) is 6.89. The van der Waals surface area contributed by atoms with E-state index in [9.17, 15) is 31.5 Å². The first kappa shape index (κ1) is 34.8. The molecule has 4 rings (SSSR count). The second kappa shape index (κ2) is 12.6. The summed E-state index contributed by atoms with van der Waals surface area (Å²) in [7, 11) is 0. The van der Waals surface area contributed by atoms with Crippen LogP contribution in [0.15, 0.2) is 18.2 Å². The van der Waals surface area contributed by atoms with Gasteiger partial charge in [0.1, 0.15) is 11.1 Å². The van der Waals surface area contributed by atoms with Crippen LogP contribution in [0.1, 0.15) is 84.3 Å². The highest BCUT2D eigenvalue weighted by Crippen LogP contribution is 2.41. The molecule has 0 aromatic heterocycles. The Bertz CT molecular complexity index is 1350. The van der Waals surface area contributed by atoms with E-state index < -0.39 is 58.8 Å². The van der Waals surface area contributed by atoms with Gasteiger partial charge in [0.05, 0.1) is 35.5 Å². The number of ether oxygens (including phenoxy) is 2. The molecule has 3 aliphatic rings. The number of amides is 2. The molecular formula is C31H39F5N4O4S. The monoisotopic (exact) mass is 658 g/mol. The number of nitriles is 1. The summed E-state index contributed by atoms with van der Waals surface area (Å²) in [6.07, 6.45) is -3.07. The van der Waals surface area contributed by atoms with E-state index in [0.717, 1.165) is 21.9 Å². The number of hydrogen-bond acceptors (Lipinski definition) is 6. The van der Waals surface area contributed by atoms with Crippen molar-refractivity contribution in [3.8, 4) is 6.07 Å². The minimum atomic E-state index is -4.79. The predicted molar refractivity (Wildman–Crippen MR) is 160 cm³/mol. The van der Waals surface area contributed by atoms with Crippen molar-refractivity contribution in [2.45, 2.75) is 109 Å². The van der Waals surface area contributed by atoms with Gasteiger partial charge in [-0.15, -0.1) is 0 Å². The lowest BCUT2D eigenvalue weighted by atomic mass is 9.88. The summed E-state index contributed by atoms with van der Waals surface area (Å²) in [6.45, 7) is 8.02. The maximum absolute atomic E-state index is 14.9. The third-order valence-electron chi connectivity index (χ3n) is 8.64. The maximum atomic E-state index is 14.9. The van der Waals surface area contributed by atoms with E-state index in [4.69, 9.17) is 27.0 Å². The molecule has 3 fully saturated rings. The smallest absolute Gasteiger partial charge is 0.417 e. The van der Waals surface area contributed by atoms with Crippen molar-refractivity contribution in [2.24, 2.45) is 5.92 Å². The summed E-state index contributed by atoms with van der Waals surface area (Å²) in [5.41, 5.74) is -3.64. The highest BCUT2D eigenvalue weighted by atomic mass is 32.1. The van der Waals surface area contributed by atoms with Gasteiger partial charge in [-0.05, 0) is 104 Å². The highest BCUT2D eigenvalue weighted by Gasteiger charge is 2.53. The van der Waals surface area contributed by atoms with Crippen molar-refractivity contribution in [1.82, 2.24) is 9.80 Å². The van der Waals surface area contributed by atoms with Gasteiger partial charge in [-0.2, -0.15) is 18.4 Å². The highest BCUT2D eigenvalue weighted by molar-refractivity contribution is 7.80. The second-order valence-corrected chi connectivity index (χ2v) is 13.8. The van der Waals surface area contributed by atoms with Gasteiger partial charge in [0.25, 0.3) is 11.8 Å². The molecule has 2 heterocycles. The number of carbonyl (C=O) groups is 2. The molecule has 0 spiro atoms. The minimum absolute atomic E-state index is 0.0577. The summed E-state index contributed by atoms with van der Waals surface area (Å²) in [5, 5.41) is 9.23. The number of halogens is 5. The van der Waals surface area contributed by atoms with Crippen molar-refractivity contribution >= 4 is 35.0 Å². The number of rotatable bonds is 6. The molecular weight excluding hydrogens is 619 g/mol. The number of thiocarbonyl (C=S) groups is 1. The molecule has 248 valence electrons. The van der Waals surface area contributed by atoms with Crippen LogP contribution in [0, 0.1) is 17.2 Å². The van der Waals surface area contributed by atoms with Gasteiger partial charge >= 0.3 is 12.3 Å². The average Bonchev–Trinajstić information content (AvgIpc) is 3.10. The molecule has 0 bridgehead atoms. The number of hydrogen-bond donors (Lipinski definition) is 0. The average molecular weight is 659 g/mol. The Morgan fingerprint density at radius 2 is 1.76 bits per heavy atom. The summed E-state index contributed by atoms with van der Waals surface area (Å²) in [4.78, 5) is 29.6. The van der Waals surface area contributed by atoms with E-state index in [0.29, 0.717) is 25.7 Å². The second-order valence-electron chi connectivity index (χ2n) is 13.4. The lowest BCUT2D eigenvalue weighted by Crippen LogP contribution is -2.52. The van der Waals surface area contributed by atoms with Crippen LogP contribution in [0.25, 0.3) is 0 Å². The van der Waals surface area contributed by atoms with E-state index in [1.54, 1.807) is 39.5 Å². The van der Waals surface area contributed by atoms with E-state index in [1.165, 1.54) is 12.1 Å². The van der Waals surface area contributed by atoms with Gasteiger partial charge < -0.3 is 19.3 Å². The molecule has 1 aliphatic carbocycles. The first-order valence-corrected chi connectivity index (χ1v) is 15.4. The SMILES string of the molecule is CC(C)(C)OC(=O)N1CCC(CCO[C@H]2CC[C@H](N3C(=S)N(c4ccc(C#N)c(C(F)(F)F)c4)C(=O)C3(C)C)CC2)C(F)(F)C1. The van der Waals surface area contributed by atoms with Gasteiger partial charge in [0, 0.05) is 25.1 Å². The zero-order valence-electron chi connectivity index (χ0n) is 26.0. The summed E-state index contributed by atoms with van der Waals surface area (Å²) >= 11 is 5.64. The number of piperidine rings is 1. The zero-order chi connectivity index (χ0) is 33.5. The fraction of sp³-hybridized carbons (Fsp3) is 0.677. The molecule has 1 aromatic carbocycles. The van der Waals surface area contributed by atoms with Crippen molar-refractivity contribution < 1.29 is 41.0 Å². The molecule has 2 saturated heterocycles. The van der Waals surface area contributed by atoms with Crippen LogP contribution in [0.5, 0.6) is 0 Å². The third-order valence-corrected chi connectivity index (χ3v) is 9.02. The van der Waals surface area contributed by atoms with Crippen LogP contribution in [-0.4, -0.2) is 75.8 Å². The van der Waals surface area contributed by atoms with Crippen molar-refractivity contribution in [3.63, 3.8) is 0 Å². The van der Waals surface area contributed by atoms with Crippen LogP contribution in [0.3, 0.4) is 0 Å². The number of likely N-dealkylation sites (tertiary alicyclic amines) is 1. The van der Waals surface area contributed by atoms with Gasteiger partial charge in [-0.3, -0.25) is 9.69 Å². The zero-order valence-corrected chi connectivity index (χ0v) is 26.9. The largest absolute Gasteiger partial charge is 0.444 e. The van der Waals surface area contributed by atoms with Crippen LogP contribution in [0.2, 0.25) is 0 Å². The van der Waals surface area contributed by atoms with Gasteiger partial charge in [-0.1, -0.05) is 0 Å². The number of carbonyl (C=O) groups excluding carboxylic acids is 2. The summed E-state index contributed by atoms with van der Waals surface area (Å²) in [6, 6.07) is 4.46. The number of anilines is 1. The van der Waals surface area contributed by atoms with Crippen LogP contribution in [0.4, 0.5) is 32.4 Å². The van der Waals surface area contributed by atoms with E-state index in [-0.39, 0.29) is 48.9 Å². The molecule has 0 radical (unpaired) electrons. The van der Waals surface area contributed by atoms with Crippen molar-refractivity contribution in [1.29, 1.82) is 5.26 Å². The molecule has 2 aliphatic heterocycles. The minimum Gasteiger partial charge on any atom is -0.444 e. The molecule has 1 saturated carbocycles. The Hall–Kier alpha value is -3.05. The van der Waals surface area contributed by atoms with Crippen molar-refractivity contribution in [2.75, 3.05) is 24.6 Å². The lowest BCUT2D eigenvalue weighted by molar-refractivity contribution is -0.137. The number of alkyl halides is 5. The first-order valence-electron chi connectivity index (χ1n) is 15.0. The third kappa shape index (κ3) is 7.51. The van der Waals surface area contributed by atoms with E-state index in [2.05, 4.69) is 0 Å². The molecule has 0 N–H and O–H groups in total. The Balaban J connectivity index is 1.32. The van der Waals surface area contributed by atoms with Gasteiger partial charge in [-0.25, -0.2) is 13.6 Å². The molecule has 2 amide bonds. The Kier molecular flexibility index (Phi) is 9.77. The number of benzene rings is 1. The van der Waals surface area contributed by atoms with Crippen molar-refractivity contribution in [3.05, 3.63) is 29.3 Å². The molecule has 1 aromatic rings. The summed E-state index contributed by atoms with van der Waals surface area (Å²) < 4.78 is 81.8. The normalized spacial score (nSPS) is 25.4. The Labute approximate surface area is 265 Å². The number of nitrogens with zero attached hydrogens (tertiary/aromatic N) is 4. The topological polar surface area (TPSA) is 86.1 Å². The van der Waals surface area contributed by atoms with Crippen LogP contribution in [-0.2, 0) is 20.4 Å². The molecule has 1 atom stereocenters. The van der Waals surface area contributed by atoms with Crippen LogP contribution >= 0.6 is 12.2 Å². The predicted octanol–water partition coefficient (Wildman–Crippen LogP) is 6.90. The quantitative estimate of drug-likeness (QED) is 0.243. The first-order chi connectivity index (χ1) is 20.8. The van der Waals surface area contributed by atoms with Gasteiger partial charge in [0.15, 0.2) is 5.11 Å². The van der Waals surface area contributed by atoms with Gasteiger partial charge in [0.2, 0.25) is 0 Å². The standard InChI is InChI=1S/C31H39F5N4O4S/c1-28(2,3)44-27(42)38-14-12-20(30(32,33)18-38)13-15-43-23-10-8-21(9-11-23)40-26(45)39(25(41)29(40,4)5)22-7-6-19(17-37)24(16-22)31(34,35)36/h6-7,16,20-21,23H,8-15,18H2,1-5H3/t20?,21-,23-. The lowest BCUT2D eigenvalue weighted by Gasteiger charge is -2.41. The van der Waals surface area contributed by atoms with E-state index >= 15 is 0 Å². The molecule has 45 heavy (non-hydrogen) atoms. The molecule has 8 nitrogen and oxygen atoms in total. The Morgan fingerprint density at radius 3 is 2.31 bits per heavy atom. The summed E-state index contributed by atoms with van der Waals surface area (Å²) in [5.74, 6) is -4.46.